The predicted octanol–water partition coefficient (Wildman–Crippen LogP) is 2.78. The molecular formula is C14H21ClN2O4. The molecule has 1 N–H and O–H groups in total. The van der Waals surface area contributed by atoms with E-state index in [-0.39, 0.29) is 10.7 Å². The number of nitro groups is 1. The molecule has 0 aliphatic carbocycles. The van der Waals surface area contributed by atoms with Crippen LogP contribution in [-0.4, -0.2) is 38.4 Å². The Kier molecular flexibility index (Phi) is 8.93. The van der Waals surface area contributed by atoms with Crippen molar-refractivity contribution < 1.29 is 14.4 Å². The third-order valence-corrected chi connectivity index (χ3v) is 3.18. The van der Waals surface area contributed by atoms with Crippen molar-refractivity contribution >= 4 is 17.3 Å². The zero-order valence-corrected chi connectivity index (χ0v) is 12.9. The second kappa shape index (κ2) is 10.5. The molecule has 0 saturated heterocycles. The summed E-state index contributed by atoms with van der Waals surface area (Å²) in [5.41, 5.74) is 0.796. The third kappa shape index (κ3) is 7.38. The van der Waals surface area contributed by atoms with Crippen LogP contribution in [0.1, 0.15) is 18.4 Å². The number of nitrogens with zero attached hydrogens (tertiary/aromatic N) is 1. The summed E-state index contributed by atoms with van der Waals surface area (Å²) in [6.45, 7) is 3.38. The first-order chi connectivity index (χ1) is 10.1. The van der Waals surface area contributed by atoms with Gasteiger partial charge in [-0.25, -0.2) is 0 Å². The van der Waals surface area contributed by atoms with E-state index in [1.54, 1.807) is 19.2 Å². The summed E-state index contributed by atoms with van der Waals surface area (Å²) in [4.78, 5) is 10.3. The Labute approximate surface area is 129 Å². The maximum absolute atomic E-state index is 10.8. The quantitative estimate of drug-likeness (QED) is 0.386. The van der Waals surface area contributed by atoms with Crippen LogP contribution in [0.15, 0.2) is 18.2 Å². The fraction of sp³-hybridized carbons (Fsp3) is 0.571. The number of unbranched alkanes of at least 4 members (excludes halogenated alkanes) is 1. The molecule has 1 aromatic carbocycles. The number of benzene rings is 1. The SMILES string of the molecule is COCCOCCCCNCc1ccc(Cl)c([N+](=O)[O-])c1. The standard InChI is InChI=1S/C14H21ClN2O4/c1-20-8-9-21-7-3-2-6-16-11-12-4-5-13(15)14(10-12)17(18)19/h4-5,10,16H,2-3,6-9,11H2,1H3. The number of nitrogens with one attached hydrogen (secondary N) is 1. The first kappa shape index (κ1) is 17.8. The molecule has 0 heterocycles. The molecule has 6 nitrogen and oxygen atoms in total. The molecule has 0 amide bonds. The normalized spacial score (nSPS) is 10.8. The van der Waals surface area contributed by atoms with Crippen molar-refractivity contribution in [2.24, 2.45) is 0 Å². The van der Waals surface area contributed by atoms with Crippen LogP contribution in [0.5, 0.6) is 0 Å². The number of methoxy groups -OCH3 is 1. The fourth-order valence-corrected chi connectivity index (χ4v) is 1.93. The number of nitro benzene ring substituents is 1. The summed E-state index contributed by atoms with van der Waals surface area (Å²) in [7, 11) is 1.65. The van der Waals surface area contributed by atoms with Crippen molar-refractivity contribution in [1.29, 1.82) is 0 Å². The van der Waals surface area contributed by atoms with Gasteiger partial charge in [0.25, 0.3) is 5.69 Å². The van der Waals surface area contributed by atoms with Crippen molar-refractivity contribution in [3.63, 3.8) is 0 Å². The van der Waals surface area contributed by atoms with Gasteiger partial charge in [-0.05, 0) is 31.0 Å². The van der Waals surface area contributed by atoms with Crippen LogP contribution in [0.3, 0.4) is 0 Å². The minimum Gasteiger partial charge on any atom is -0.382 e. The highest BCUT2D eigenvalue weighted by molar-refractivity contribution is 6.32. The molecule has 0 atom stereocenters. The van der Waals surface area contributed by atoms with Crippen LogP contribution in [-0.2, 0) is 16.0 Å². The van der Waals surface area contributed by atoms with Gasteiger partial charge in [-0.2, -0.15) is 0 Å². The lowest BCUT2D eigenvalue weighted by Gasteiger charge is -2.06. The molecule has 0 fully saturated rings. The molecule has 1 aromatic rings. The first-order valence-corrected chi connectivity index (χ1v) is 7.23. The van der Waals surface area contributed by atoms with Gasteiger partial charge >= 0.3 is 0 Å². The van der Waals surface area contributed by atoms with Gasteiger partial charge in [-0.1, -0.05) is 17.7 Å². The maximum atomic E-state index is 10.8. The second-order valence-corrected chi connectivity index (χ2v) is 4.94. The molecule has 1 rings (SSSR count). The topological polar surface area (TPSA) is 73.6 Å². The highest BCUT2D eigenvalue weighted by Crippen LogP contribution is 2.24. The maximum Gasteiger partial charge on any atom is 0.288 e. The van der Waals surface area contributed by atoms with Crippen LogP contribution >= 0.6 is 11.6 Å². The predicted molar refractivity (Wildman–Crippen MR) is 81.7 cm³/mol. The van der Waals surface area contributed by atoms with Crippen LogP contribution in [0.4, 0.5) is 5.69 Å². The van der Waals surface area contributed by atoms with Crippen molar-refractivity contribution in [3.8, 4) is 0 Å². The lowest BCUT2D eigenvalue weighted by atomic mass is 10.2. The summed E-state index contributed by atoms with van der Waals surface area (Å²) >= 11 is 5.76. The summed E-state index contributed by atoms with van der Waals surface area (Å²) in [5.74, 6) is 0. The molecule has 7 heteroatoms. The van der Waals surface area contributed by atoms with Crippen LogP contribution < -0.4 is 5.32 Å². The molecular weight excluding hydrogens is 296 g/mol. The van der Waals surface area contributed by atoms with E-state index in [1.807, 2.05) is 0 Å². The largest absolute Gasteiger partial charge is 0.382 e. The van der Waals surface area contributed by atoms with Gasteiger partial charge in [-0.15, -0.1) is 0 Å². The van der Waals surface area contributed by atoms with Crippen LogP contribution in [0.25, 0.3) is 0 Å². The van der Waals surface area contributed by atoms with Crippen molar-refractivity contribution in [1.82, 2.24) is 5.32 Å². The van der Waals surface area contributed by atoms with E-state index in [9.17, 15) is 10.1 Å². The molecule has 0 bridgehead atoms. The minimum atomic E-state index is -0.469. The van der Waals surface area contributed by atoms with Gasteiger partial charge in [0.05, 0.1) is 18.1 Å². The van der Waals surface area contributed by atoms with Crippen molar-refractivity contribution in [3.05, 3.63) is 38.9 Å². The third-order valence-electron chi connectivity index (χ3n) is 2.86. The number of hydrogen-bond donors (Lipinski definition) is 1. The van der Waals surface area contributed by atoms with Gasteiger partial charge in [0, 0.05) is 26.3 Å². The lowest BCUT2D eigenvalue weighted by Crippen LogP contribution is -2.15. The Morgan fingerprint density at radius 3 is 2.81 bits per heavy atom. The molecule has 0 spiro atoms. The van der Waals surface area contributed by atoms with E-state index >= 15 is 0 Å². The van der Waals surface area contributed by atoms with Crippen LogP contribution in [0.2, 0.25) is 5.02 Å². The molecule has 21 heavy (non-hydrogen) atoms. The van der Waals surface area contributed by atoms with Crippen molar-refractivity contribution in [2.45, 2.75) is 19.4 Å². The Balaban J connectivity index is 2.16. The highest BCUT2D eigenvalue weighted by Gasteiger charge is 2.12. The second-order valence-electron chi connectivity index (χ2n) is 4.53. The molecule has 0 aromatic heterocycles. The smallest absolute Gasteiger partial charge is 0.288 e. The number of hydrogen-bond acceptors (Lipinski definition) is 5. The van der Waals surface area contributed by atoms with E-state index in [0.717, 1.165) is 31.6 Å². The molecule has 0 aliphatic rings. The molecule has 0 aliphatic heterocycles. The average molecular weight is 317 g/mol. The first-order valence-electron chi connectivity index (χ1n) is 6.85. The monoisotopic (exact) mass is 316 g/mol. The van der Waals surface area contributed by atoms with E-state index < -0.39 is 4.92 Å². The van der Waals surface area contributed by atoms with E-state index in [4.69, 9.17) is 21.1 Å². The van der Waals surface area contributed by atoms with E-state index in [0.29, 0.717) is 19.8 Å². The van der Waals surface area contributed by atoms with E-state index in [1.165, 1.54) is 6.07 Å². The zero-order chi connectivity index (χ0) is 15.5. The minimum absolute atomic E-state index is 0.0532. The fourth-order valence-electron chi connectivity index (χ4n) is 1.74. The Morgan fingerprint density at radius 1 is 1.29 bits per heavy atom. The number of halogens is 1. The number of ether oxygens (including phenoxy) is 2. The van der Waals surface area contributed by atoms with Gasteiger partial charge in [0.2, 0.25) is 0 Å². The Hall–Kier alpha value is -1.21. The van der Waals surface area contributed by atoms with Crippen molar-refractivity contribution in [2.75, 3.05) is 33.5 Å². The summed E-state index contributed by atoms with van der Waals surface area (Å²) in [5, 5.41) is 14.2. The van der Waals surface area contributed by atoms with Gasteiger partial charge < -0.3 is 14.8 Å². The van der Waals surface area contributed by atoms with E-state index in [2.05, 4.69) is 5.32 Å². The van der Waals surface area contributed by atoms with Gasteiger partial charge in [0.1, 0.15) is 5.02 Å². The highest BCUT2D eigenvalue weighted by atomic mass is 35.5. The molecule has 0 saturated carbocycles. The molecule has 0 unspecified atom stereocenters. The van der Waals surface area contributed by atoms with Gasteiger partial charge in [0.15, 0.2) is 0 Å². The summed E-state index contributed by atoms with van der Waals surface area (Å²) in [6, 6.07) is 4.85. The van der Waals surface area contributed by atoms with Gasteiger partial charge in [-0.3, -0.25) is 10.1 Å². The molecule has 118 valence electrons. The average Bonchev–Trinajstić information content (AvgIpc) is 2.47. The lowest BCUT2D eigenvalue weighted by molar-refractivity contribution is -0.384. The van der Waals surface area contributed by atoms with Crippen LogP contribution in [0, 0.1) is 10.1 Å². The summed E-state index contributed by atoms with van der Waals surface area (Å²) < 4.78 is 10.2. The molecule has 0 radical (unpaired) electrons. The Morgan fingerprint density at radius 2 is 2.10 bits per heavy atom. The zero-order valence-electron chi connectivity index (χ0n) is 12.1. The number of rotatable bonds is 11. The Bertz CT molecular complexity index is 443. The summed E-state index contributed by atoms with van der Waals surface area (Å²) in [6.07, 6.45) is 1.96.